The number of rotatable bonds is 5. The van der Waals surface area contributed by atoms with E-state index in [1.54, 1.807) is 0 Å². The Balaban J connectivity index is 1.63. The molecular formula is C20H28N4O. The molecule has 2 heterocycles. The normalized spacial score (nSPS) is 18.3. The Morgan fingerprint density at radius 2 is 2.04 bits per heavy atom. The molecule has 0 aliphatic carbocycles. The van der Waals surface area contributed by atoms with Crippen LogP contribution in [0.1, 0.15) is 36.7 Å². The summed E-state index contributed by atoms with van der Waals surface area (Å²) in [4.78, 5) is 15.0. The highest BCUT2D eigenvalue weighted by Crippen LogP contribution is 2.23. The van der Waals surface area contributed by atoms with Crippen molar-refractivity contribution in [3.8, 4) is 0 Å². The van der Waals surface area contributed by atoms with E-state index in [1.807, 2.05) is 30.3 Å². The molecule has 25 heavy (non-hydrogen) atoms. The van der Waals surface area contributed by atoms with Crippen molar-refractivity contribution in [2.45, 2.75) is 46.7 Å². The van der Waals surface area contributed by atoms with Gasteiger partial charge in [-0.25, -0.2) is 0 Å². The number of hydrogen-bond acceptors (Lipinski definition) is 3. The number of nitrogens with one attached hydrogen (secondary N) is 1. The van der Waals surface area contributed by atoms with Crippen LogP contribution in [-0.4, -0.2) is 33.7 Å². The predicted octanol–water partition coefficient (Wildman–Crippen LogP) is 3.37. The largest absolute Gasteiger partial charge is 0.326 e. The van der Waals surface area contributed by atoms with Crippen molar-refractivity contribution in [3.05, 3.63) is 47.3 Å². The van der Waals surface area contributed by atoms with Crippen molar-refractivity contribution in [2.75, 3.05) is 18.4 Å². The number of hydrogen-bond donors (Lipinski definition) is 1. The molecule has 134 valence electrons. The first-order valence-electron chi connectivity index (χ1n) is 9.19. The number of carbonyl (C=O) groups excluding carboxylic acids is 1. The number of amides is 1. The molecule has 1 amide bonds. The minimum absolute atomic E-state index is 0.0517. The highest BCUT2D eigenvalue weighted by molar-refractivity contribution is 5.92. The predicted molar refractivity (Wildman–Crippen MR) is 100 cm³/mol. The van der Waals surface area contributed by atoms with Crippen LogP contribution in [0.2, 0.25) is 0 Å². The van der Waals surface area contributed by atoms with Gasteiger partial charge in [-0.15, -0.1) is 0 Å². The highest BCUT2D eigenvalue weighted by atomic mass is 16.1. The Hall–Kier alpha value is -2.14. The smallest absolute Gasteiger partial charge is 0.228 e. The van der Waals surface area contributed by atoms with Gasteiger partial charge < -0.3 is 5.32 Å². The second-order valence-electron chi connectivity index (χ2n) is 6.89. The van der Waals surface area contributed by atoms with Crippen molar-refractivity contribution in [1.29, 1.82) is 0 Å². The number of carbonyl (C=O) groups is 1. The third-order valence-corrected chi connectivity index (χ3v) is 5.13. The standard InChI is InChI=1S/C20H28N4O/c1-4-24-16(3)19(15(2)22-24)14-23-12-8-9-17(13-23)20(25)21-18-10-6-5-7-11-18/h5-7,10-11,17H,4,8-9,12-14H2,1-3H3,(H,21,25)/t17-/m0/s1. The van der Waals surface area contributed by atoms with Crippen molar-refractivity contribution < 1.29 is 4.79 Å². The molecule has 5 nitrogen and oxygen atoms in total. The van der Waals surface area contributed by atoms with Gasteiger partial charge in [0.25, 0.3) is 0 Å². The fourth-order valence-corrected chi connectivity index (χ4v) is 3.67. The van der Waals surface area contributed by atoms with E-state index in [2.05, 4.69) is 40.8 Å². The lowest BCUT2D eigenvalue weighted by Gasteiger charge is -2.32. The summed E-state index contributed by atoms with van der Waals surface area (Å²) in [7, 11) is 0. The molecule has 0 bridgehead atoms. The Morgan fingerprint density at radius 1 is 1.28 bits per heavy atom. The van der Waals surface area contributed by atoms with Crippen molar-refractivity contribution >= 4 is 11.6 Å². The van der Waals surface area contributed by atoms with Crippen LogP contribution < -0.4 is 5.32 Å². The molecule has 0 radical (unpaired) electrons. The van der Waals surface area contributed by atoms with Crippen LogP contribution in [-0.2, 0) is 17.9 Å². The maximum absolute atomic E-state index is 12.6. The molecule has 0 saturated carbocycles. The number of nitrogens with zero attached hydrogens (tertiary/aromatic N) is 3. The summed E-state index contributed by atoms with van der Waals surface area (Å²) < 4.78 is 2.06. The lowest BCUT2D eigenvalue weighted by Crippen LogP contribution is -2.40. The molecule has 2 aromatic rings. The second-order valence-corrected chi connectivity index (χ2v) is 6.89. The van der Waals surface area contributed by atoms with E-state index in [1.165, 1.54) is 11.3 Å². The molecule has 1 N–H and O–H groups in total. The number of likely N-dealkylation sites (tertiary alicyclic amines) is 1. The summed E-state index contributed by atoms with van der Waals surface area (Å²) in [6.07, 6.45) is 2.02. The monoisotopic (exact) mass is 340 g/mol. The van der Waals surface area contributed by atoms with Gasteiger partial charge >= 0.3 is 0 Å². The zero-order valence-electron chi connectivity index (χ0n) is 15.5. The number of aromatic nitrogens is 2. The third kappa shape index (κ3) is 4.10. The Labute approximate surface area is 150 Å². The SMILES string of the molecule is CCn1nc(C)c(CN2CCC[C@H](C(=O)Nc3ccccc3)C2)c1C. The molecule has 0 unspecified atom stereocenters. The van der Waals surface area contributed by atoms with Gasteiger partial charge in [-0.1, -0.05) is 18.2 Å². The minimum atomic E-state index is 0.0517. The van der Waals surface area contributed by atoms with Gasteiger partial charge in [0.2, 0.25) is 5.91 Å². The average Bonchev–Trinajstić information content (AvgIpc) is 2.90. The van der Waals surface area contributed by atoms with Crippen molar-refractivity contribution in [3.63, 3.8) is 0 Å². The first-order valence-corrected chi connectivity index (χ1v) is 9.19. The lowest BCUT2D eigenvalue weighted by molar-refractivity contribution is -0.121. The molecule has 1 aromatic heterocycles. The molecular weight excluding hydrogens is 312 g/mol. The van der Waals surface area contributed by atoms with Gasteiger partial charge in [-0.3, -0.25) is 14.4 Å². The summed E-state index contributed by atoms with van der Waals surface area (Å²) in [6, 6.07) is 9.72. The van der Waals surface area contributed by atoms with E-state index in [4.69, 9.17) is 0 Å². The molecule has 1 aromatic carbocycles. The van der Waals surface area contributed by atoms with Crippen molar-refractivity contribution in [2.24, 2.45) is 5.92 Å². The first-order chi connectivity index (χ1) is 12.1. The number of aryl methyl sites for hydroxylation is 2. The molecule has 5 heteroatoms. The lowest BCUT2D eigenvalue weighted by atomic mass is 9.96. The molecule has 0 spiro atoms. The van der Waals surface area contributed by atoms with Gasteiger partial charge in [0.05, 0.1) is 11.6 Å². The molecule has 1 fully saturated rings. The van der Waals surface area contributed by atoms with Gasteiger partial charge in [0, 0.05) is 36.6 Å². The molecule has 3 rings (SSSR count). The number of piperidine rings is 1. The maximum atomic E-state index is 12.6. The summed E-state index contributed by atoms with van der Waals surface area (Å²) in [5.41, 5.74) is 4.54. The zero-order chi connectivity index (χ0) is 17.8. The van der Waals surface area contributed by atoms with E-state index >= 15 is 0 Å². The van der Waals surface area contributed by atoms with Crippen LogP contribution in [0.15, 0.2) is 30.3 Å². The van der Waals surface area contributed by atoms with Crippen LogP contribution in [0.5, 0.6) is 0 Å². The minimum Gasteiger partial charge on any atom is -0.326 e. The van der Waals surface area contributed by atoms with Gasteiger partial charge in [-0.2, -0.15) is 5.10 Å². The van der Waals surface area contributed by atoms with Crippen LogP contribution >= 0.6 is 0 Å². The van der Waals surface area contributed by atoms with Crippen LogP contribution in [0.4, 0.5) is 5.69 Å². The molecule has 1 aliphatic heterocycles. The third-order valence-electron chi connectivity index (χ3n) is 5.13. The average molecular weight is 340 g/mol. The van der Waals surface area contributed by atoms with E-state index in [9.17, 15) is 4.79 Å². The van der Waals surface area contributed by atoms with E-state index < -0.39 is 0 Å². The summed E-state index contributed by atoms with van der Waals surface area (Å²) in [5, 5.41) is 7.66. The topological polar surface area (TPSA) is 50.2 Å². The highest BCUT2D eigenvalue weighted by Gasteiger charge is 2.27. The zero-order valence-corrected chi connectivity index (χ0v) is 15.5. The summed E-state index contributed by atoms with van der Waals surface area (Å²) in [5.74, 6) is 0.185. The van der Waals surface area contributed by atoms with Crippen LogP contribution in [0, 0.1) is 19.8 Å². The van der Waals surface area contributed by atoms with Gasteiger partial charge in [0.1, 0.15) is 0 Å². The van der Waals surface area contributed by atoms with E-state index in [0.717, 1.165) is 50.4 Å². The number of para-hydroxylation sites is 1. The second kappa shape index (κ2) is 7.83. The number of anilines is 1. The fraction of sp³-hybridized carbons (Fsp3) is 0.500. The van der Waals surface area contributed by atoms with Gasteiger partial charge in [0.15, 0.2) is 0 Å². The van der Waals surface area contributed by atoms with Crippen LogP contribution in [0.25, 0.3) is 0 Å². The maximum Gasteiger partial charge on any atom is 0.228 e. The Kier molecular flexibility index (Phi) is 5.53. The number of benzene rings is 1. The Morgan fingerprint density at radius 3 is 2.72 bits per heavy atom. The summed E-state index contributed by atoms with van der Waals surface area (Å²) >= 11 is 0. The summed E-state index contributed by atoms with van der Waals surface area (Å²) in [6.45, 7) is 9.98. The van der Waals surface area contributed by atoms with Crippen LogP contribution in [0.3, 0.4) is 0 Å². The molecule has 1 saturated heterocycles. The Bertz CT molecular complexity index is 723. The van der Waals surface area contributed by atoms with E-state index in [0.29, 0.717) is 0 Å². The molecule has 1 aliphatic rings. The van der Waals surface area contributed by atoms with Crippen molar-refractivity contribution in [1.82, 2.24) is 14.7 Å². The fourth-order valence-electron chi connectivity index (χ4n) is 3.67. The first kappa shape index (κ1) is 17.7. The quantitative estimate of drug-likeness (QED) is 0.908. The molecule has 1 atom stereocenters. The van der Waals surface area contributed by atoms with Gasteiger partial charge in [-0.05, 0) is 52.3 Å². The van der Waals surface area contributed by atoms with E-state index in [-0.39, 0.29) is 11.8 Å².